The number of hydrogen-bond acceptors (Lipinski definition) is 4. The quantitative estimate of drug-likeness (QED) is 0.833. The van der Waals surface area contributed by atoms with E-state index in [0.29, 0.717) is 24.1 Å². The van der Waals surface area contributed by atoms with Gasteiger partial charge in [0.1, 0.15) is 6.10 Å². The van der Waals surface area contributed by atoms with E-state index >= 15 is 0 Å². The van der Waals surface area contributed by atoms with Crippen LogP contribution in [0.2, 0.25) is 0 Å². The number of phenolic OH excluding ortho intramolecular Hbond substituents is 1. The van der Waals surface area contributed by atoms with Crippen LogP contribution in [0.5, 0.6) is 11.5 Å². The molecule has 2 bridgehead atoms. The molecule has 136 valence electrons. The standard InChI is InChI=1S/C20H27NO4/c1-21(2)8-7-20-11-15(22)17(25-4)10-13(20)14(21)9-12-5-6-16(24-3)19(23)18(12)20/h5-6,13-14,17H,7-11H2,1-4H3/p+1/t13-,14-,17?,20+/m1/s1. The van der Waals surface area contributed by atoms with Gasteiger partial charge in [-0.05, 0) is 18.1 Å². The highest BCUT2D eigenvalue weighted by molar-refractivity contribution is 5.86. The molecular weight excluding hydrogens is 318 g/mol. The predicted octanol–water partition coefficient (Wildman–Crippen LogP) is 2.04. The molecule has 1 aromatic carbocycles. The molecule has 0 radical (unpaired) electrons. The molecule has 1 heterocycles. The molecule has 1 aromatic rings. The van der Waals surface area contributed by atoms with Crippen LogP contribution in [0.3, 0.4) is 0 Å². The number of likely N-dealkylation sites (tertiary alicyclic amines) is 1. The molecule has 0 amide bonds. The van der Waals surface area contributed by atoms with E-state index in [0.717, 1.165) is 35.9 Å². The zero-order valence-electron chi connectivity index (χ0n) is 15.5. The van der Waals surface area contributed by atoms with Crippen LogP contribution in [0, 0.1) is 5.92 Å². The van der Waals surface area contributed by atoms with Crippen LogP contribution in [-0.2, 0) is 21.4 Å². The van der Waals surface area contributed by atoms with Gasteiger partial charge in [-0.15, -0.1) is 0 Å². The SMILES string of the molecule is COc1ccc2c(c1O)[C@]13CC[N+](C)(C)[C@H](C2)[C@H]1CC(OC)C(=O)C3. The number of hydrogen-bond donors (Lipinski definition) is 1. The first-order valence-electron chi connectivity index (χ1n) is 9.11. The molecule has 2 aliphatic carbocycles. The van der Waals surface area contributed by atoms with Gasteiger partial charge in [0, 0.05) is 43.3 Å². The number of likely N-dealkylation sites (N-methyl/N-ethyl adjacent to an activating group) is 1. The summed E-state index contributed by atoms with van der Waals surface area (Å²) in [6.45, 7) is 1.02. The highest BCUT2D eigenvalue weighted by Crippen LogP contribution is 2.59. The Kier molecular flexibility index (Phi) is 3.68. The van der Waals surface area contributed by atoms with E-state index in [9.17, 15) is 9.90 Å². The summed E-state index contributed by atoms with van der Waals surface area (Å²) in [6, 6.07) is 4.38. The molecule has 2 fully saturated rings. The van der Waals surface area contributed by atoms with Crippen molar-refractivity contribution in [3.63, 3.8) is 0 Å². The van der Waals surface area contributed by atoms with Crippen molar-refractivity contribution >= 4 is 5.78 Å². The molecule has 4 rings (SSSR count). The second-order valence-electron chi connectivity index (χ2n) is 8.54. The smallest absolute Gasteiger partial charge is 0.162 e. The second kappa shape index (κ2) is 5.45. The third kappa shape index (κ3) is 2.18. The zero-order chi connectivity index (χ0) is 18.0. The second-order valence-corrected chi connectivity index (χ2v) is 8.54. The summed E-state index contributed by atoms with van der Waals surface area (Å²) < 4.78 is 11.8. The number of aromatic hydroxyl groups is 1. The van der Waals surface area contributed by atoms with E-state index in [1.165, 1.54) is 5.56 Å². The molecule has 3 aliphatic rings. The maximum Gasteiger partial charge on any atom is 0.162 e. The number of carbonyl (C=O) groups excluding carboxylic acids is 1. The van der Waals surface area contributed by atoms with Crippen molar-refractivity contribution < 1.29 is 23.9 Å². The largest absolute Gasteiger partial charge is 0.504 e. The van der Waals surface area contributed by atoms with Gasteiger partial charge in [-0.2, -0.15) is 0 Å². The van der Waals surface area contributed by atoms with Gasteiger partial charge in [0.15, 0.2) is 17.3 Å². The molecule has 1 aliphatic heterocycles. The number of methoxy groups -OCH3 is 2. The van der Waals surface area contributed by atoms with Crippen molar-refractivity contribution in [3.05, 3.63) is 23.3 Å². The topological polar surface area (TPSA) is 55.8 Å². The molecule has 1 saturated carbocycles. The number of benzene rings is 1. The van der Waals surface area contributed by atoms with Crippen molar-refractivity contribution in [3.8, 4) is 11.5 Å². The van der Waals surface area contributed by atoms with Gasteiger partial charge >= 0.3 is 0 Å². The number of phenols is 1. The minimum Gasteiger partial charge on any atom is -0.504 e. The lowest BCUT2D eigenvalue weighted by Gasteiger charge is -2.60. The molecule has 1 N–H and O–H groups in total. The van der Waals surface area contributed by atoms with E-state index < -0.39 is 0 Å². The van der Waals surface area contributed by atoms with Gasteiger partial charge in [-0.3, -0.25) is 4.79 Å². The van der Waals surface area contributed by atoms with E-state index in [4.69, 9.17) is 9.47 Å². The number of piperidine rings is 1. The highest BCUT2D eigenvalue weighted by atomic mass is 16.5. The molecule has 0 spiro atoms. The maximum absolute atomic E-state index is 12.8. The van der Waals surface area contributed by atoms with Crippen molar-refractivity contribution in [1.82, 2.24) is 0 Å². The lowest BCUT2D eigenvalue weighted by atomic mass is 9.51. The third-order valence-corrected chi connectivity index (χ3v) is 7.18. The van der Waals surface area contributed by atoms with Gasteiger partial charge in [-0.25, -0.2) is 0 Å². The van der Waals surface area contributed by atoms with Crippen LogP contribution in [0.4, 0.5) is 0 Å². The van der Waals surface area contributed by atoms with Crippen molar-refractivity contribution in [2.45, 2.75) is 43.2 Å². The van der Waals surface area contributed by atoms with Gasteiger partial charge < -0.3 is 19.1 Å². The molecule has 5 heteroatoms. The monoisotopic (exact) mass is 346 g/mol. The lowest BCUT2D eigenvalue weighted by Crippen LogP contribution is -2.68. The first kappa shape index (κ1) is 16.9. The predicted molar refractivity (Wildman–Crippen MR) is 93.9 cm³/mol. The number of Topliss-reactive ketones (excluding diaryl/α,β-unsaturated/α-hetero) is 1. The van der Waals surface area contributed by atoms with Crippen LogP contribution >= 0.6 is 0 Å². The Hall–Kier alpha value is -1.59. The van der Waals surface area contributed by atoms with Crippen LogP contribution in [0.1, 0.15) is 30.4 Å². The first-order chi connectivity index (χ1) is 11.8. The number of carbonyl (C=O) groups is 1. The van der Waals surface area contributed by atoms with E-state index in [1.807, 2.05) is 6.07 Å². The van der Waals surface area contributed by atoms with E-state index in [-0.39, 0.29) is 23.1 Å². The maximum atomic E-state index is 12.8. The molecule has 5 nitrogen and oxygen atoms in total. The Labute approximate surface area is 149 Å². The fraction of sp³-hybridized carbons (Fsp3) is 0.650. The summed E-state index contributed by atoms with van der Waals surface area (Å²) in [6.07, 6.45) is 2.74. The molecule has 4 atom stereocenters. The van der Waals surface area contributed by atoms with Crippen molar-refractivity contribution in [2.24, 2.45) is 5.92 Å². The Morgan fingerprint density at radius 1 is 1.28 bits per heavy atom. The van der Waals surface area contributed by atoms with Crippen LogP contribution in [0.15, 0.2) is 12.1 Å². The molecule has 0 aromatic heterocycles. The lowest BCUT2D eigenvalue weighted by molar-refractivity contribution is -0.927. The van der Waals surface area contributed by atoms with E-state index in [2.05, 4.69) is 20.2 Å². The Morgan fingerprint density at radius 2 is 2.04 bits per heavy atom. The van der Waals surface area contributed by atoms with Crippen molar-refractivity contribution in [2.75, 3.05) is 34.9 Å². The molecule has 25 heavy (non-hydrogen) atoms. The van der Waals surface area contributed by atoms with Gasteiger partial charge in [0.25, 0.3) is 0 Å². The normalized spacial score (nSPS) is 35.7. The summed E-state index contributed by atoms with van der Waals surface area (Å²) in [5.74, 6) is 1.24. The average molecular weight is 346 g/mol. The molecule has 1 saturated heterocycles. The summed E-state index contributed by atoms with van der Waals surface area (Å²) in [4.78, 5) is 12.8. The fourth-order valence-corrected chi connectivity index (χ4v) is 5.83. The summed E-state index contributed by atoms with van der Waals surface area (Å²) >= 11 is 0. The minimum absolute atomic E-state index is 0.166. The Bertz CT molecular complexity index is 729. The summed E-state index contributed by atoms with van der Waals surface area (Å²) in [5.41, 5.74) is 1.86. The third-order valence-electron chi connectivity index (χ3n) is 7.18. The Morgan fingerprint density at radius 3 is 2.72 bits per heavy atom. The fourth-order valence-electron chi connectivity index (χ4n) is 5.83. The van der Waals surface area contributed by atoms with Gasteiger partial charge in [0.05, 0.1) is 33.8 Å². The Balaban J connectivity index is 1.93. The van der Waals surface area contributed by atoms with Gasteiger partial charge in [0.2, 0.25) is 0 Å². The summed E-state index contributed by atoms with van der Waals surface area (Å²) in [5, 5.41) is 10.9. The van der Waals surface area contributed by atoms with Crippen molar-refractivity contribution in [1.29, 1.82) is 0 Å². The first-order valence-corrected chi connectivity index (χ1v) is 9.11. The summed E-state index contributed by atoms with van der Waals surface area (Å²) in [7, 11) is 7.80. The number of ether oxygens (including phenoxy) is 2. The van der Waals surface area contributed by atoms with Crippen LogP contribution < -0.4 is 4.74 Å². The zero-order valence-corrected chi connectivity index (χ0v) is 15.5. The molecule has 1 unspecified atom stereocenters. The molecular formula is C20H28NO4+. The highest BCUT2D eigenvalue weighted by Gasteiger charge is 2.62. The average Bonchev–Trinajstić information content (AvgIpc) is 2.58. The number of rotatable bonds is 2. The number of nitrogens with zero attached hydrogens (tertiary/aromatic N) is 1. The number of ketones is 1. The number of quaternary nitrogens is 1. The van der Waals surface area contributed by atoms with Crippen LogP contribution in [-0.4, -0.2) is 62.4 Å². The minimum atomic E-state index is -0.312. The van der Waals surface area contributed by atoms with E-state index in [1.54, 1.807) is 14.2 Å². The van der Waals surface area contributed by atoms with Crippen LogP contribution in [0.25, 0.3) is 0 Å². The number of fused-ring (bicyclic) bond motifs is 1. The van der Waals surface area contributed by atoms with Gasteiger partial charge in [-0.1, -0.05) is 6.07 Å².